The van der Waals surface area contributed by atoms with Gasteiger partial charge in [-0.05, 0) is 46.3 Å². The van der Waals surface area contributed by atoms with Crippen LogP contribution in [-0.4, -0.2) is 8.42 Å². The Kier molecular flexibility index (Phi) is 4.67. The number of nitrogen functional groups attached to an aromatic ring is 1. The number of halogens is 4. The van der Waals surface area contributed by atoms with E-state index in [4.69, 9.17) is 28.9 Å². The molecule has 4 nitrogen and oxygen atoms in total. The van der Waals surface area contributed by atoms with E-state index in [1.165, 1.54) is 24.3 Å². The molecule has 0 aliphatic rings. The van der Waals surface area contributed by atoms with E-state index in [1.54, 1.807) is 0 Å². The average molecular weight is 414 g/mol. The minimum atomic E-state index is -4.07. The van der Waals surface area contributed by atoms with E-state index < -0.39 is 15.8 Å². The highest BCUT2D eigenvalue weighted by molar-refractivity contribution is 9.10. The van der Waals surface area contributed by atoms with E-state index in [1.807, 2.05) is 0 Å². The molecule has 0 fully saturated rings. The van der Waals surface area contributed by atoms with Crippen LogP contribution in [0.25, 0.3) is 0 Å². The van der Waals surface area contributed by atoms with E-state index in [9.17, 15) is 12.8 Å². The van der Waals surface area contributed by atoms with Crippen molar-refractivity contribution < 1.29 is 12.8 Å². The second-order valence-electron chi connectivity index (χ2n) is 4.05. The van der Waals surface area contributed by atoms with Crippen LogP contribution in [0.3, 0.4) is 0 Å². The topological polar surface area (TPSA) is 72.2 Å². The molecular formula is C12H8BrCl2FN2O2S. The Labute approximate surface area is 139 Å². The number of hydrogen-bond donors (Lipinski definition) is 2. The molecule has 0 saturated heterocycles. The maximum Gasteiger partial charge on any atom is 0.264 e. The van der Waals surface area contributed by atoms with Gasteiger partial charge in [-0.3, -0.25) is 4.72 Å². The van der Waals surface area contributed by atoms with Gasteiger partial charge in [0, 0.05) is 5.69 Å². The zero-order valence-electron chi connectivity index (χ0n) is 10.2. The minimum absolute atomic E-state index is 0.0414. The van der Waals surface area contributed by atoms with Gasteiger partial charge in [0.25, 0.3) is 10.0 Å². The van der Waals surface area contributed by atoms with Crippen LogP contribution < -0.4 is 10.5 Å². The summed E-state index contributed by atoms with van der Waals surface area (Å²) in [5, 5.41) is -0.241. The highest BCUT2D eigenvalue weighted by Gasteiger charge is 2.22. The first-order valence-electron chi connectivity index (χ1n) is 5.43. The summed E-state index contributed by atoms with van der Waals surface area (Å²) in [7, 11) is -4.07. The molecule has 2 aromatic rings. The van der Waals surface area contributed by atoms with Crippen LogP contribution in [-0.2, 0) is 10.0 Å². The Balaban J connectivity index is 2.46. The lowest BCUT2D eigenvalue weighted by atomic mass is 10.3. The number of nitrogens with two attached hydrogens (primary N) is 1. The van der Waals surface area contributed by atoms with Crippen LogP contribution in [0, 0.1) is 5.82 Å². The molecule has 9 heteroatoms. The molecule has 0 heterocycles. The first kappa shape index (κ1) is 16.4. The molecule has 0 spiro atoms. The predicted molar refractivity (Wildman–Crippen MR) is 85.8 cm³/mol. The van der Waals surface area contributed by atoms with Crippen molar-refractivity contribution in [1.82, 2.24) is 0 Å². The first-order chi connectivity index (χ1) is 9.70. The van der Waals surface area contributed by atoms with Gasteiger partial charge in [0.1, 0.15) is 10.7 Å². The van der Waals surface area contributed by atoms with Crippen LogP contribution in [0.4, 0.5) is 15.8 Å². The summed E-state index contributed by atoms with van der Waals surface area (Å²) in [5.74, 6) is -0.607. The second kappa shape index (κ2) is 6.00. The SMILES string of the molecule is Nc1cc(Cl)c(S(=O)(=O)Nc2ccc(Br)c(F)c2)c(Cl)c1. The minimum Gasteiger partial charge on any atom is -0.399 e. The van der Waals surface area contributed by atoms with E-state index in [-0.39, 0.29) is 30.8 Å². The Hall–Kier alpha value is -1.02. The van der Waals surface area contributed by atoms with Crippen molar-refractivity contribution in [2.75, 3.05) is 10.5 Å². The fraction of sp³-hybridized carbons (Fsp3) is 0. The van der Waals surface area contributed by atoms with Gasteiger partial charge in [0.05, 0.1) is 20.2 Å². The van der Waals surface area contributed by atoms with Crippen molar-refractivity contribution in [2.45, 2.75) is 4.90 Å². The molecule has 21 heavy (non-hydrogen) atoms. The number of hydrogen-bond acceptors (Lipinski definition) is 3. The second-order valence-corrected chi connectivity index (χ2v) is 7.34. The molecule has 0 aliphatic carbocycles. The zero-order valence-corrected chi connectivity index (χ0v) is 14.1. The van der Waals surface area contributed by atoms with Crippen molar-refractivity contribution in [1.29, 1.82) is 0 Å². The van der Waals surface area contributed by atoms with Gasteiger partial charge in [-0.1, -0.05) is 23.2 Å². The lowest BCUT2D eigenvalue weighted by molar-refractivity contribution is 0.601. The lowest BCUT2D eigenvalue weighted by Gasteiger charge is -2.12. The summed E-state index contributed by atoms with van der Waals surface area (Å²) >= 11 is 14.7. The van der Waals surface area contributed by atoms with Crippen molar-refractivity contribution in [3.63, 3.8) is 0 Å². The third-order valence-corrected chi connectivity index (χ3v) is 5.41. The molecule has 0 aliphatic heterocycles. The summed E-state index contributed by atoms with van der Waals surface area (Å²) in [6.07, 6.45) is 0. The van der Waals surface area contributed by atoms with E-state index in [0.29, 0.717) is 0 Å². The van der Waals surface area contributed by atoms with Gasteiger partial charge in [0.2, 0.25) is 0 Å². The Morgan fingerprint density at radius 3 is 2.24 bits per heavy atom. The van der Waals surface area contributed by atoms with Crippen LogP contribution in [0.1, 0.15) is 0 Å². The van der Waals surface area contributed by atoms with Crippen molar-refractivity contribution >= 4 is 60.5 Å². The lowest BCUT2D eigenvalue weighted by Crippen LogP contribution is -2.14. The Bertz CT molecular complexity index is 792. The van der Waals surface area contributed by atoms with Gasteiger partial charge in [-0.15, -0.1) is 0 Å². The third-order valence-electron chi connectivity index (χ3n) is 2.46. The predicted octanol–water partition coefficient (Wildman–Crippen LogP) is 4.28. The van der Waals surface area contributed by atoms with Gasteiger partial charge in [0.15, 0.2) is 0 Å². The van der Waals surface area contributed by atoms with Crippen LogP contribution in [0.15, 0.2) is 39.7 Å². The Morgan fingerprint density at radius 1 is 1.14 bits per heavy atom. The summed E-state index contributed by atoms with van der Waals surface area (Å²) in [6.45, 7) is 0. The van der Waals surface area contributed by atoms with Gasteiger partial charge >= 0.3 is 0 Å². The van der Waals surface area contributed by atoms with Crippen molar-refractivity contribution in [2.24, 2.45) is 0 Å². The number of nitrogens with one attached hydrogen (secondary N) is 1. The number of sulfonamides is 1. The standard InChI is InChI=1S/C12H8BrCl2FN2O2S/c13-8-2-1-7(5-11(8)16)18-21(19,20)12-9(14)3-6(17)4-10(12)15/h1-5,18H,17H2. The monoisotopic (exact) mass is 412 g/mol. The highest BCUT2D eigenvalue weighted by Crippen LogP contribution is 2.33. The van der Waals surface area contributed by atoms with Crippen LogP contribution in [0.5, 0.6) is 0 Å². The quantitative estimate of drug-likeness (QED) is 0.737. The van der Waals surface area contributed by atoms with E-state index >= 15 is 0 Å². The molecule has 2 rings (SSSR count). The normalized spacial score (nSPS) is 11.4. The summed E-state index contributed by atoms with van der Waals surface area (Å²) in [4.78, 5) is -0.316. The van der Waals surface area contributed by atoms with Crippen LogP contribution >= 0.6 is 39.1 Å². The highest BCUT2D eigenvalue weighted by atomic mass is 79.9. The molecule has 3 N–H and O–H groups in total. The molecule has 0 aromatic heterocycles. The molecule has 0 radical (unpaired) electrons. The molecule has 0 amide bonds. The Morgan fingerprint density at radius 2 is 1.71 bits per heavy atom. The molecule has 0 atom stereocenters. The molecule has 112 valence electrons. The maximum atomic E-state index is 13.4. The summed E-state index contributed by atoms with van der Waals surface area (Å²) in [6, 6.07) is 6.33. The average Bonchev–Trinajstić information content (AvgIpc) is 2.31. The van der Waals surface area contributed by atoms with E-state index in [0.717, 1.165) is 6.07 Å². The van der Waals surface area contributed by atoms with Gasteiger partial charge < -0.3 is 5.73 Å². The summed E-state index contributed by atoms with van der Waals surface area (Å²) < 4.78 is 40.4. The van der Waals surface area contributed by atoms with Crippen molar-refractivity contribution in [3.8, 4) is 0 Å². The first-order valence-corrected chi connectivity index (χ1v) is 8.46. The number of benzene rings is 2. The smallest absolute Gasteiger partial charge is 0.264 e. The van der Waals surface area contributed by atoms with Gasteiger partial charge in [-0.25, -0.2) is 12.8 Å². The van der Waals surface area contributed by atoms with Crippen molar-refractivity contribution in [3.05, 3.63) is 50.7 Å². The molecule has 0 bridgehead atoms. The summed E-state index contributed by atoms with van der Waals surface area (Å²) in [5.41, 5.74) is 5.80. The largest absolute Gasteiger partial charge is 0.399 e. The fourth-order valence-corrected chi connectivity index (χ4v) is 4.13. The van der Waals surface area contributed by atoms with Crippen LogP contribution in [0.2, 0.25) is 10.0 Å². The molecular weight excluding hydrogens is 406 g/mol. The fourth-order valence-electron chi connectivity index (χ4n) is 1.60. The molecule has 0 unspecified atom stereocenters. The number of rotatable bonds is 3. The maximum absolute atomic E-state index is 13.4. The van der Waals surface area contributed by atoms with Gasteiger partial charge in [-0.2, -0.15) is 0 Å². The van der Waals surface area contributed by atoms with E-state index in [2.05, 4.69) is 20.7 Å². The molecule has 2 aromatic carbocycles. The third kappa shape index (κ3) is 3.60. The zero-order chi connectivity index (χ0) is 15.8. The number of anilines is 2. The molecule has 0 saturated carbocycles.